The second kappa shape index (κ2) is 7.95. The Kier molecular flexibility index (Phi) is 6.16. The number of para-hydroxylation sites is 1. The van der Waals surface area contributed by atoms with Crippen LogP contribution >= 0.6 is 12.2 Å². The monoisotopic (exact) mass is 377 g/mol. The van der Waals surface area contributed by atoms with Crippen LogP contribution in [-0.4, -0.2) is 25.5 Å². The maximum absolute atomic E-state index is 11.4. The number of aryl methyl sites for hydroxylation is 1. The first-order valence-electron chi connectivity index (χ1n) is 7.98. The van der Waals surface area contributed by atoms with Gasteiger partial charge in [-0.3, -0.25) is 0 Å². The summed E-state index contributed by atoms with van der Waals surface area (Å²) in [6.45, 7) is 4.11. The fraction of sp³-hybridized carbons (Fsp3) is 0.278. The molecule has 0 aliphatic rings. The zero-order chi connectivity index (χ0) is 18.6. The third-order valence-electron chi connectivity index (χ3n) is 4.23. The summed E-state index contributed by atoms with van der Waals surface area (Å²) in [5, 5.41) is 9.03. The summed E-state index contributed by atoms with van der Waals surface area (Å²) in [5.41, 5.74) is 3.14. The van der Waals surface area contributed by atoms with Crippen LogP contribution in [0.4, 0.5) is 5.69 Å². The van der Waals surface area contributed by atoms with E-state index in [4.69, 9.17) is 17.4 Å². The molecule has 2 rings (SSSR count). The van der Waals surface area contributed by atoms with Gasteiger partial charge in [0.1, 0.15) is 0 Å². The van der Waals surface area contributed by atoms with Crippen molar-refractivity contribution in [2.24, 2.45) is 5.14 Å². The van der Waals surface area contributed by atoms with E-state index in [1.165, 1.54) is 17.7 Å². The molecule has 5 nitrogen and oxygen atoms in total. The number of primary sulfonamides is 1. The molecule has 0 amide bonds. The average molecular weight is 378 g/mol. The number of sulfonamides is 1. The summed E-state index contributed by atoms with van der Waals surface area (Å²) in [4.78, 5) is 2.04. The lowest BCUT2D eigenvalue weighted by atomic mass is 10.1. The minimum Gasteiger partial charge on any atom is -0.345 e. The average Bonchev–Trinajstić information content (AvgIpc) is 2.60. The molecule has 0 aliphatic heterocycles. The van der Waals surface area contributed by atoms with Gasteiger partial charge >= 0.3 is 0 Å². The predicted molar refractivity (Wildman–Crippen MR) is 106 cm³/mol. The van der Waals surface area contributed by atoms with E-state index in [0.29, 0.717) is 5.11 Å². The van der Waals surface area contributed by atoms with Crippen LogP contribution < -0.4 is 10.5 Å². The highest BCUT2D eigenvalue weighted by molar-refractivity contribution is 7.89. The number of rotatable bonds is 5. The van der Waals surface area contributed by atoms with Crippen molar-refractivity contribution in [1.29, 1.82) is 0 Å². The summed E-state index contributed by atoms with van der Waals surface area (Å²) in [7, 11) is -1.78. The van der Waals surface area contributed by atoms with Crippen LogP contribution in [0.3, 0.4) is 0 Å². The van der Waals surface area contributed by atoms with Gasteiger partial charge in [0.2, 0.25) is 10.0 Å². The zero-order valence-corrected chi connectivity index (χ0v) is 16.2. The van der Waals surface area contributed by atoms with E-state index in [1.807, 2.05) is 37.1 Å². The first-order valence-corrected chi connectivity index (χ1v) is 9.94. The largest absolute Gasteiger partial charge is 0.345 e. The highest BCUT2D eigenvalue weighted by Gasteiger charge is 2.16. The van der Waals surface area contributed by atoms with E-state index in [1.54, 1.807) is 12.1 Å². The Morgan fingerprint density at radius 3 is 2.36 bits per heavy atom. The minimum absolute atomic E-state index is 0.0247. The van der Waals surface area contributed by atoms with Gasteiger partial charge in [-0.2, -0.15) is 0 Å². The Bertz CT molecular complexity index is 849. The number of nitrogens with two attached hydrogens (primary N) is 1. The lowest BCUT2D eigenvalue weighted by molar-refractivity contribution is 0.408. The molecule has 0 radical (unpaired) electrons. The van der Waals surface area contributed by atoms with Crippen LogP contribution in [0.2, 0.25) is 0 Å². The van der Waals surface area contributed by atoms with Crippen LogP contribution in [0.1, 0.15) is 31.0 Å². The minimum atomic E-state index is -3.68. The Morgan fingerprint density at radius 1 is 1.20 bits per heavy atom. The Morgan fingerprint density at radius 2 is 1.80 bits per heavy atom. The van der Waals surface area contributed by atoms with Gasteiger partial charge in [-0.25, -0.2) is 13.6 Å². The van der Waals surface area contributed by atoms with Crippen molar-refractivity contribution in [1.82, 2.24) is 4.90 Å². The molecule has 7 heteroatoms. The molecule has 134 valence electrons. The van der Waals surface area contributed by atoms with Crippen molar-refractivity contribution in [3.63, 3.8) is 0 Å². The van der Waals surface area contributed by atoms with Gasteiger partial charge in [-0.1, -0.05) is 37.3 Å². The second-order valence-electron chi connectivity index (χ2n) is 5.84. The normalized spacial score (nSPS) is 12.5. The van der Waals surface area contributed by atoms with Crippen LogP contribution in [0.15, 0.2) is 53.4 Å². The summed E-state index contributed by atoms with van der Waals surface area (Å²) in [6, 6.07) is 14.6. The van der Waals surface area contributed by atoms with Crippen molar-refractivity contribution < 1.29 is 8.42 Å². The standard InChI is InChI=1S/C18H23N3O2S2/c1-4-14-7-5-6-8-17(14)20-18(24)21(3)13(2)15-9-11-16(12-10-15)25(19,22)23/h5-13H,4H2,1-3H3,(H,20,24)(H2,19,22,23)/t13-/m1/s1. The second-order valence-corrected chi connectivity index (χ2v) is 7.79. The molecule has 0 aromatic heterocycles. The molecule has 3 N–H and O–H groups in total. The number of nitrogens with zero attached hydrogens (tertiary/aromatic N) is 1. The third kappa shape index (κ3) is 4.78. The van der Waals surface area contributed by atoms with Crippen molar-refractivity contribution in [2.45, 2.75) is 31.2 Å². The topological polar surface area (TPSA) is 75.4 Å². The first-order chi connectivity index (χ1) is 11.7. The van der Waals surface area contributed by atoms with Crippen LogP contribution in [0.25, 0.3) is 0 Å². The van der Waals surface area contributed by atoms with Crippen LogP contribution in [0, 0.1) is 0 Å². The molecule has 2 aromatic carbocycles. The molecule has 2 aromatic rings. The van der Waals surface area contributed by atoms with Crippen molar-refractivity contribution in [2.75, 3.05) is 12.4 Å². The Hall–Kier alpha value is -1.96. The number of hydrogen-bond acceptors (Lipinski definition) is 3. The fourth-order valence-corrected chi connectivity index (χ4v) is 3.27. The van der Waals surface area contributed by atoms with E-state index < -0.39 is 10.0 Å². The van der Waals surface area contributed by atoms with Gasteiger partial charge in [0, 0.05) is 12.7 Å². The molecule has 0 unspecified atom stereocenters. The first kappa shape index (κ1) is 19.4. The summed E-state index contributed by atoms with van der Waals surface area (Å²) in [6.07, 6.45) is 0.917. The number of nitrogens with one attached hydrogen (secondary N) is 1. The van der Waals surface area contributed by atoms with Gasteiger partial charge in [0.25, 0.3) is 0 Å². The van der Waals surface area contributed by atoms with Gasteiger partial charge in [0.05, 0.1) is 10.9 Å². The number of thiocarbonyl (C=S) groups is 1. The highest BCUT2D eigenvalue weighted by atomic mass is 32.2. The molecule has 0 aliphatic carbocycles. The fourth-order valence-electron chi connectivity index (χ4n) is 2.49. The SMILES string of the molecule is CCc1ccccc1NC(=S)N(C)[C@H](C)c1ccc(S(N)(=O)=O)cc1. The van der Waals surface area contributed by atoms with Crippen LogP contribution in [0.5, 0.6) is 0 Å². The van der Waals surface area contributed by atoms with Crippen molar-refractivity contribution >= 4 is 33.0 Å². The number of anilines is 1. The smallest absolute Gasteiger partial charge is 0.238 e. The van der Waals surface area contributed by atoms with E-state index >= 15 is 0 Å². The Balaban J connectivity index is 2.13. The highest BCUT2D eigenvalue weighted by Crippen LogP contribution is 2.22. The van der Waals surface area contributed by atoms with Gasteiger partial charge in [-0.05, 0) is 54.9 Å². The molecule has 0 heterocycles. The zero-order valence-electron chi connectivity index (χ0n) is 14.6. The predicted octanol–water partition coefficient (Wildman–Crippen LogP) is 3.29. The van der Waals surface area contributed by atoms with Crippen molar-refractivity contribution in [3.05, 3.63) is 59.7 Å². The molecule has 0 bridgehead atoms. The maximum atomic E-state index is 11.4. The van der Waals surface area contributed by atoms with Crippen molar-refractivity contribution in [3.8, 4) is 0 Å². The molecule has 0 saturated carbocycles. The summed E-state index contributed by atoms with van der Waals surface area (Å²) >= 11 is 5.53. The van der Waals surface area contributed by atoms with Gasteiger partial charge in [-0.15, -0.1) is 0 Å². The lowest BCUT2D eigenvalue weighted by Gasteiger charge is -2.28. The van der Waals surface area contributed by atoms with Gasteiger partial charge < -0.3 is 10.2 Å². The number of hydrogen-bond donors (Lipinski definition) is 2. The molecule has 1 atom stereocenters. The molecular weight excluding hydrogens is 354 g/mol. The molecule has 25 heavy (non-hydrogen) atoms. The van der Waals surface area contributed by atoms with Gasteiger partial charge in [0.15, 0.2) is 5.11 Å². The molecule has 0 fully saturated rings. The van der Waals surface area contributed by atoms with Crippen LogP contribution in [-0.2, 0) is 16.4 Å². The Labute approximate surface area is 154 Å². The maximum Gasteiger partial charge on any atom is 0.238 e. The van der Waals surface area contributed by atoms with E-state index in [-0.39, 0.29) is 10.9 Å². The lowest BCUT2D eigenvalue weighted by Crippen LogP contribution is -2.33. The third-order valence-corrected chi connectivity index (χ3v) is 5.55. The molecular formula is C18H23N3O2S2. The van der Waals surface area contributed by atoms with E-state index in [9.17, 15) is 8.42 Å². The summed E-state index contributed by atoms with van der Waals surface area (Å²) in [5.74, 6) is 0. The molecule has 0 saturated heterocycles. The number of benzene rings is 2. The summed E-state index contributed by atoms with van der Waals surface area (Å²) < 4.78 is 22.7. The van der Waals surface area contributed by atoms with E-state index in [2.05, 4.69) is 18.3 Å². The molecule has 0 spiro atoms. The van der Waals surface area contributed by atoms with E-state index in [0.717, 1.165) is 17.7 Å². The quantitative estimate of drug-likeness (QED) is 0.782.